The van der Waals surface area contributed by atoms with Gasteiger partial charge in [0.05, 0.1) is 5.92 Å². The molecule has 0 saturated heterocycles. The molecule has 6 nitrogen and oxygen atoms in total. The Kier molecular flexibility index (Phi) is 6.96. The number of nitrogens with zero attached hydrogens (tertiary/aromatic N) is 1. The topological polar surface area (TPSA) is 94.6 Å². The van der Waals surface area contributed by atoms with Gasteiger partial charge in [-0.2, -0.15) is 5.26 Å². The van der Waals surface area contributed by atoms with Gasteiger partial charge in [0.2, 0.25) is 5.88 Å². The van der Waals surface area contributed by atoms with Crippen LogP contribution in [0.25, 0.3) is 0 Å². The van der Waals surface area contributed by atoms with Crippen molar-refractivity contribution in [2.45, 2.75) is 39.0 Å². The van der Waals surface area contributed by atoms with Gasteiger partial charge in [0.1, 0.15) is 28.9 Å². The van der Waals surface area contributed by atoms with E-state index in [-0.39, 0.29) is 23.7 Å². The maximum absolute atomic E-state index is 12.4. The molecule has 3 aromatic rings. The first kappa shape index (κ1) is 25.2. The normalized spacial score (nSPS) is 14.9. The highest BCUT2D eigenvalue weighted by atomic mass is 35.5. The van der Waals surface area contributed by atoms with Crippen LogP contribution in [0.5, 0.6) is 17.2 Å². The fourth-order valence-electron chi connectivity index (χ4n) is 4.03. The third kappa shape index (κ3) is 5.32. The van der Waals surface area contributed by atoms with Gasteiger partial charge >= 0.3 is 5.97 Å². The number of rotatable bonds is 5. The molecule has 1 heterocycles. The molecule has 1 atom stereocenters. The zero-order valence-corrected chi connectivity index (χ0v) is 21.3. The summed E-state index contributed by atoms with van der Waals surface area (Å²) in [5, 5.41) is 10.4. The van der Waals surface area contributed by atoms with Crippen molar-refractivity contribution in [1.82, 2.24) is 0 Å². The minimum atomic E-state index is -0.575. The van der Waals surface area contributed by atoms with Crippen molar-refractivity contribution in [1.29, 1.82) is 5.26 Å². The average molecular weight is 503 g/mol. The molecule has 0 saturated carbocycles. The summed E-state index contributed by atoms with van der Waals surface area (Å²) in [6, 6.07) is 20.5. The number of aryl methyl sites for hydroxylation is 1. The number of nitriles is 1. The zero-order valence-electron chi connectivity index (χ0n) is 20.6. The van der Waals surface area contributed by atoms with Crippen molar-refractivity contribution >= 4 is 17.6 Å². The van der Waals surface area contributed by atoms with Crippen LogP contribution in [0.15, 0.2) is 72.1 Å². The Bertz CT molecular complexity index is 1380. The molecule has 0 aliphatic carbocycles. The molecule has 4 rings (SSSR count). The fourth-order valence-corrected chi connectivity index (χ4v) is 4.15. The number of allylic oxidation sites excluding steroid dienone is 1. The first-order valence-corrected chi connectivity index (χ1v) is 11.9. The fraction of sp³-hybridized carbons (Fsp3) is 0.241. The standard InChI is InChI=1S/C29H27ClN2O4/c1-17-13-20(10-12-24(17)30)34-16-26(33)35-21-9-11-22-25(14-21)36-28(32)23(15-31)27(22)18-5-7-19(8-6-18)29(2,3)4/h5-14,27H,16,32H2,1-4H3. The van der Waals surface area contributed by atoms with Crippen molar-refractivity contribution in [2.75, 3.05) is 6.61 Å². The molecule has 0 amide bonds. The number of carbonyl (C=O) groups is 1. The maximum Gasteiger partial charge on any atom is 0.349 e. The van der Waals surface area contributed by atoms with E-state index >= 15 is 0 Å². The molecule has 0 fully saturated rings. The van der Waals surface area contributed by atoms with Crippen LogP contribution in [0, 0.1) is 18.3 Å². The van der Waals surface area contributed by atoms with Crippen LogP contribution in [-0.4, -0.2) is 12.6 Å². The SMILES string of the molecule is Cc1cc(OCC(=O)Oc2ccc3c(c2)OC(N)=C(C#N)C3c2ccc(C(C)(C)C)cc2)ccc1Cl. The Hall–Kier alpha value is -3.95. The third-order valence-electron chi connectivity index (χ3n) is 6.02. The molecular weight excluding hydrogens is 476 g/mol. The summed E-state index contributed by atoms with van der Waals surface area (Å²) in [5.74, 6) is 0.285. The monoisotopic (exact) mass is 502 g/mol. The van der Waals surface area contributed by atoms with Gasteiger partial charge in [-0.1, -0.05) is 62.7 Å². The van der Waals surface area contributed by atoms with Gasteiger partial charge in [-0.05, 0) is 53.3 Å². The van der Waals surface area contributed by atoms with Gasteiger partial charge in [-0.3, -0.25) is 0 Å². The lowest BCUT2D eigenvalue weighted by atomic mass is 9.81. The molecule has 0 radical (unpaired) electrons. The first-order chi connectivity index (χ1) is 17.1. The lowest BCUT2D eigenvalue weighted by molar-refractivity contribution is -0.136. The number of carbonyl (C=O) groups excluding carboxylic acids is 1. The van der Waals surface area contributed by atoms with Gasteiger partial charge in [0, 0.05) is 16.7 Å². The largest absolute Gasteiger partial charge is 0.482 e. The molecule has 0 bridgehead atoms. The summed E-state index contributed by atoms with van der Waals surface area (Å²) in [5.41, 5.74) is 10.2. The predicted molar refractivity (Wildman–Crippen MR) is 138 cm³/mol. The molecule has 0 spiro atoms. The predicted octanol–water partition coefficient (Wildman–Crippen LogP) is 6.15. The average Bonchev–Trinajstić information content (AvgIpc) is 2.83. The first-order valence-electron chi connectivity index (χ1n) is 11.5. The van der Waals surface area contributed by atoms with Crippen LogP contribution < -0.4 is 19.9 Å². The molecule has 3 aromatic carbocycles. The van der Waals surface area contributed by atoms with Crippen LogP contribution in [0.4, 0.5) is 0 Å². The maximum atomic E-state index is 12.4. The van der Waals surface area contributed by atoms with Crippen molar-refractivity contribution in [2.24, 2.45) is 5.73 Å². The Labute approximate surface area is 215 Å². The summed E-state index contributed by atoms with van der Waals surface area (Å²) in [6.07, 6.45) is 0. The Morgan fingerprint density at radius 2 is 1.78 bits per heavy atom. The van der Waals surface area contributed by atoms with E-state index in [1.54, 1.807) is 36.4 Å². The number of hydrogen-bond donors (Lipinski definition) is 1. The van der Waals surface area contributed by atoms with Gasteiger partial charge in [0.25, 0.3) is 0 Å². The number of nitrogens with two attached hydrogens (primary N) is 1. The molecule has 36 heavy (non-hydrogen) atoms. The van der Waals surface area contributed by atoms with Crippen molar-refractivity contribution in [3.05, 3.63) is 99.4 Å². The van der Waals surface area contributed by atoms with Crippen LogP contribution in [-0.2, 0) is 10.2 Å². The number of ether oxygens (including phenoxy) is 3. The Balaban J connectivity index is 1.54. The molecule has 184 valence electrons. The molecule has 0 aromatic heterocycles. The number of halogens is 1. The summed E-state index contributed by atoms with van der Waals surface area (Å²) >= 11 is 6.02. The van der Waals surface area contributed by atoms with E-state index < -0.39 is 11.9 Å². The quantitative estimate of drug-likeness (QED) is 0.332. The van der Waals surface area contributed by atoms with E-state index in [0.717, 1.165) is 16.7 Å². The number of benzene rings is 3. The van der Waals surface area contributed by atoms with Gasteiger partial charge in [0.15, 0.2) is 6.61 Å². The highest BCUT2D eigenvalue weighted by Crippen LogP contribution is 2.43. The molecule has 2 N–H and O–H groups in total. The van der Waals surface area contributed by atoms with E-state index in [0.29, 0.717) is 22.1 Å². The van der Waals surface area contributed by atoms with Crippen LogP contribution in [0.2, 0.25) is 5.02 Å². The van der Waals surface area contributed by atoms with Crippen LogP contribution in [0.3, 0.4) is 0 Å². The number of esters is 1. The van der Waals surface area contributed by atoms with E-state index in [4.69, 9.17) is 31.5 Å². The minimum absolute atomic E-state index is 0.00786. The molecule has 7 heteroatoms. The van der Waals surface area contributed by atoms with Crippen molar-refractivity contribution in [3.63, 3.8) is 0 Å². The van der Waals surface area contributed by atoms with Crippen LogP contribution in [0.1, 0.15) is 48.9 Å². The summed E-state index contributed by atoms with van der Waals surface area (Å²) in [6.45, 7) is 8.02. The van der Waals surface area contributed by atoms with Crippen molar-refractivity contribution < 1.29 is 19.0 Å². The lowest BCUT2D eigenvalue weighted by Gasteiger charge is -2.27. The van der Waals surface area contributed by atoms with Gasteiger partial charge in [-0.15, -0.1) is 0 Å². The Morgan fingerprint density at radius 3 is 2.42 bits per heavy atom. The summed E-state index contributed by atoms with van der Waals surface area (Å²) < 4.78 is 16.7. The van der Waals surface area contributed by atoms with E-state index in [1.165, 1.54) is 5.56 Å². The van der Waals surface area contributed by atoms with Crippen LogP contribution >= 0.6 is 11.6 Å². The molecule has 1 aliphatic rings. The molecular formula is C29H27ClN2O4. The second-order valence-electron chi connectivity index (χ2n) is 9.67. The summed E-state index contributed by atoms with van der Waals surface area (Å²) in [7, 11) is 0. The Morgan fingerprint density at radius 1 is 1.08 bits per heavy atom. The number of hydrogen-bond acceptors (Lipinski definition) is 6. The lowest BCUT2D eigenvalue weighted by Crippen LogP contribution is -2.22. The highest BCUT2D eigenvalue weighted by Gasteiger charge is 2.31. The zero-order chi connectivity index (χ0) is 26.0. The number of fused-ring (bicyclic) bond motifs is 1. The van der Waals surface area contributed by atoms with Gasteiger partial charge in [-0.25, -0.2) is 4.79 Å². The summed E-state index contributed by atoms with van der Waals surface area (Å²) in [4.78, 5) is 12.4. The smallest absolute Gasteiger partial charge is 0.349 e. The van der Waals surface area contributed by atoms with E-state index in [9.17, 15) is 10.1 Å². The van der Waals surface area contributed by atoms with E-state index in [1.807, 2.05) is 19.1 Å². The molecule has 1 aliphatic heterocycles. The molecule has 1 unspecified atom stereocenters. The second kappa shape index (κ2) is 9.96. The van der Waals surface area contributed by atoms with Gasteiger partial charge < -0.3 is 19.9 Å². The minimum Gasteiger partial charge on any atom is -0.482 e. The second-order valence-corrected chi connectivity index (χ2v) is 10.1. The third-order valence-corrected chi connectivity index (χ3v) is 6.44. The van der Waals surface area contributed by atoms with Crippen molar-refractivity contribution in [3.8, 4) is 23.3 Å². The van der Waals surface area contributed by atoms with E-state index in [2.05, 4.69) is 39.0 Å². The highest BCUT2D eigenvalue weighted by molar-refractivity contribution is 6.31.